The fourth-order valence-electron chi connectivity index (χ4n) is 2.87. The van der Waals surface area contributed by atoms with Crippen molar-refractivity contribution in [3.63, 3.8) is 0 Å². The minimum absolute atomic E-state index is 0.201. The number of carbonyl (C=O) groups excluding carboxylic acids is 2. The van der Waals surface area contributed by atoms with Crippen LogP contribution in [0.25, 0.3) is 0 Å². The molecule has 0 bridgehead atoms. The van der Waals surface area contributed by atoms with Gasteiger partial charge in [-0.25, -0.2) is 4.79 Å². The molecule has 1 amide bonds. The summed E-state index contributed by atoms with van der Waals surface area (Å²) in [7, 11) is 0. The van der Waals surface area contributed by atoms with Crippen LogP contribution in [0.3, 0.4) is 0 Å². The Morgan fingerprint density at radius 2 is 2.15 bits per heavy atom. The van der Waals surface area contributed by atoms with E-state index in [1.54, 1.807) is 49.5 Å². The summed E-state index contributed by atoms with van der Waals surface area (Å²) in [6.07, 6.45) is 3.89. The van der Waals surface area contributed by atoms with E-state index in [-0.39, 0.29) is 18.4 Å². The summed E-state index contributed by atoms with van der Waals surface area (Å²) < 4.78 is 10.6. The fourth-order valence-corrected chi connectivity index (χ4v) is 2.87. The Hall–Kier alpha value is -2.93. The molecule has 1 atom stereocenters. The van der Waals surface area contributed by atoms with Gasteiger partial charge in [0.1, 0.15) is 5.69 Å². The lowest BCUT2D eigenvalue weighted by molar-refractivity contribution is 0.0527. The van der Waals surface area contributed by atoms with Crippen LogP contribution in [0.4, 0.5) is 11.4 Å². The van der Waals surface area contributed by atoms with Gasteiger partial charge in [-0.2, -0.15) is 0 Å². The summed E-state index contributed by atoms with van der Waals surface area (Å²) in [6, 6.07) is 10.2. The number of ether oxygens (including phenoxy) is 2. The topological polar surface area (TPSA) is 89.5 Å². The van der Waals surface area contributed by atoms with Crippen LogP contribution < -0.4 is 10.6 Å². The van der Waals surface area contributed by atoms with E-state index in [9.17, 15) is 9.59 Å². The van der Waals surface area contributed by atoms with Gasteiger partial charge < -0.3 is 20.1 Å². The zero-order valence-corrected chi connectivity index (χ0v) is 15.2. The molecule has 2 N–H and O–H groups in total. The molecule has 0 radical (unpaired) electrons. The van der Waals surface area contributed by atoms with Crippen molar-refractivity contribution < 1.29 is 19.1 Å². The number of benzene rings is 1. The number of hydrogen-bond acceptors (Lipinski definition) is 6. The number of rotatable bonds is 7. The molecule has 1 unspecified atom stereocenters. The van der Waals surface area contributed by atoms with Crippen molar-refractivity contribution in [3.8, 4) is 0 Å². The number of anilines is 2. The smallest absolute Gasteiger partial charge is 0.340 e. The first-order chi connectivity index (χ1) is 13.2. The van der Waals surface area contributed by atoms with Gasteiger partial charge in [0.05, 0.1) is 24.0 Å². The average Bonchev–Trinajstić information content (AvgIpc) is 3.21. The predicted octanol–water partition coefficient (Wildman–Crippen LogP) is 3.10. The summed E-state index contributed by atoms with van der Waals surface area (Å²) in [5.74, 6) is -0.874. The first-order valence-corrected chi connectivity index (χ1v) is 9.06. The van der Waals surface area contributed by atoms with Gasteiger partial charge in [0.2, 0.25) is 0 Å². The van der Waals surface area contributed by atoms with Crippen LogP contribution in [0.1, 0.15) is 40.6 Å². The van der Waals surface area contributed by atoms with Crippen molar-refractivity contribution in [2.75, 3.05) is 30.4 Å². The highest BCUT2D eigenvalue weighted by Crippen LogP contribution is 2.18. The summed E-state index contributed by atoms with van der Waals surface area (Å²) in [5.41, 5.74) is 1.75. The Morgan fingerprint density at radius 1 is 1.30 bits per heavy atom. The number of aromatic nitrogens is 1. The molecular formula is C20H23N3O4. The number of nitrogens with zero attached hydrogens (tertiary/aromatic N) is 1. The highest BCUT2D eigenvalue weighted by molar-refractivity contribution is 6.07. The highest BCUT2D eigenvalue weighted by atomic mass is 16.5. The Labute approximate surface area is 158 Å². The summed E-state index contributed by atoms with van der Waals surface area (Å²) in [6.45, 7) is 3.49. The Balaban J connectivity index is 1.67. The number of carbonyl (C=O) groups is 2. The van der Waals surface area contributed by atoms with Gasteiger partial charge in [-0.3, -0.25) is 9.78 Å². The molecule has 27 heavy (non-hydrogen) atoms. The third-order valence-corrected chi connectivity index (χ3v) is 4.22. The van der Waals surface area contributed by atoms with E-state index in [0.717, 1.165) is 25.1 Å². The van der Waals surface area contributed by atoms with Crippen molar-refractivity contribution in [3.05, 3.63) is 53.9 Å². The maximum atomic E-state index is 12.6. The number of hydrogen-bond donors (Lipinski definition) is 2. The van der Waals surface area contributed by atoms with E-state index in [1.807, 2.05) is 0 Å². The molecular weight excluding hydrogens is 346 g/mol. The number of pyridine rings is 1. The molecule has 1 aliphatic heterocycles. The van der Waals surface area contributed by atoms with Gasteiger partial charge in [-0.1, -0.05) is 12.1 Å². The van der Waals surface area contributed by atoms with Gasteiger partial charge in [0, 0.05) is 25.0 Å². The third-order valence-electron chi connectivity index (χ3n) is 4.22. The maximum absolute atomic E-state index is 12.6. The summed E-state index contributed by atoms with van der Waals surface area (Å²) >= 11 is 0. The Kier molecular flexibility index (Phi) is 6.38. The monoisotopic (exact) mass is 369 g/mol. The fraction of sp³-hybridized carbons (Fsp3) is 0.350. The molecule has 1 fully saturated rings. The van der Waals surface area contributed by atoms with Gasteiger partial charge in [-0.15, -0.1) is 0 Å². The average molecular weight is 369 g/mol. The zero-order chi connectivity index (χ0) is 19.1. The van der Waals surface area contributed by atoms with Crippen molar-refractivity contribution in [1.82, 2.24) is 4.98 Å². The van der Waals surface area contributed by atoms with E-state index < -0.39 is 11.9 Å². The van der Waals surface area contributed by atoms with E-state index in [0.29, 0.717) is 17.8 Å². The molecule has 142 valence electrons. The number of amides is 1. The molecule has 0 spiro atoms. The molecule has 7 heteroatoms. The molecule has 7 nitrogen and oxygen atoms in total. The van der Waals surface area contributed by atoms with Crippen LogP contribution in [0.15, 0.2) is 42.6 Å². The largest absolute Gasteiger partial charge is 0.462 e. The molecule has 0 aliphatic carbocycles. The number of para-hydroxylation sites is 1. The van der Waals surface area contributed by atoms with E-state index in [4.69, 9.17) is 9.47 Å². The van der Waals surface area contributed by atoms with Gasteiger partial charge >= 0.3 is 5.97 Å². The second-order valence-corrected chi connectivity index (χ2v) is 6.17. The van der Waals surface area contributed by atoms with Gasteiger partial charge in [0.25, 0.3) is 5.91 Å². The van der Waals surface area contributed by atoms with Crippen molar-refractivity contribution >= 4 is 23.3 Å². The van der Waals surface area contributed by atoms with Gasteiger partial charge in [0.15, 0.2) is 0 Å². The summed E-state index contributed by atoms with van der Waals surface area (Å²) in [4.78, 5) is 28.7. The van der Waals surface area contributed by atoms with Crippen LogP contribution in [0.2, 0.25) is 0 Å². The van der Waals surface area contributed by atoms with Crippen LogP contribution in [-0.2, 0) is 9.47 Å². The quantitative estimate of drug-likeness (QED) is 0.729. The molecule has 1 aromatic heterocycles. The van der Waals surface area contributed by atoms with Crippen molar-refractivity contribution in [2.45, 2.75) is 25.9 Å². The number of esters is 1. The Morgan fingerprint density at radius 3 is 2.93 bits per heavy atom. The first kappa shape index (κ1) is 18.8. The van der Waals surface area contributed by atoms with E-state index in [1.165, 1.54) is 0 Å². The molecule has 0 saturated carbocycles. The van der Waals surface area contributed by atoms with Crippen molar-refractivity contribution in [1.29, 1.82) is 0 Å². The minimum atomic E-state index is -0.478. The first-order valence-electron chi connectivity index (χ1n) is 9.06. The lowest BCUT2D eigenvalue weighted by Gasteiger charge is -2.13. The Bertz CT molecular complexity index is 803. The molecule has 2 aromatic rings. The standard InChI is InChI=1S/C20H23N3O4/c1-2-26-20(25)16-7-3-4-8-17(16)23-19(24)18-12-14(9-10-21-18)22-13-15-6-5-11-27-15/h3-4,7-10,12,15H,2,5-6,11,13H2,1H3,(H,21,22)(H,23,24). The second-order valence-electron chi connectivity index (χ2n) is 6.17. The van der Waals surface area contributed by atoms with E-state index in [2.05, 4.69) is 15.6 Å². The number of nitrogens with one attached hydrogen (secondary N) is 2. The SMILES string of the molecule is CCOC(=O)c1ccccc1NC(=O)c1cc(NCC2CCCO2)ccn1. The third kappa shape index (κ3) is 5.04. The minimum Gasteiger partial charge on any atom is -0.462 e. The van der Waals surface area contributed by atoms with Crippen LogP contribution in [-0.4, -0.2) is 42.7 Å². The zero-order valence-electron chi connectivity index (χ0n) is 15.2. The lowest BCUT2D eigenvalue weighted by atomic mass is 10.1. The normalized spacial score (nSPS) is 16.0. The highest BCUT2D eigenvalue weighted by Gasteiger charge is 2.17. The van der Waals surface area contributed by atoms with Crippen LogP contribution in [0.5, 0.6) is 0 Å². The predicted molar refractivity (Wildman–Crippen MR) is 102 cm³/mol. The summed E-state index contributed by atoms with van der Waals surface area (Å²) in [5, 5.41) is 6.01. The van der Waals surface area contributed by atoms with Crippen LogP contribution >= 0.6 is 0 Å². The van der Waals surface area contributed by atoms with Crippen molar-refractivity contribution in [2.24, 2.45) is 0 Å². The lowest BCUT2D eigenvalue weighted by Crippen LogP contribution is -2.19. The van der Waals surface area contributed by atoms with E-state index >= 15 is 0 Å². The van der Waals surface area contributed by atoms with Gasteiger partial charge in [-0.05, 0) is 44.0 Å². The molecule has 1 saturated heterocycles. The molecule has 1 aliphatic rings. The molecule has 2 heterocycles. The van der Waals surface area contributed by atoms with Crippen LogP contribution in [0, 0.1) is 0 Å². The molecule has 3 rings (SSSR count). The maximum Gasteiger partial charge on any atom is 0.340 e. The molecule has 1 aromatic carbocycles. The second kappa shape index (κ2) is 9.14.